The number of aromatic nitrogens is 4. The van der Waals surface area contributed by atoms with Crippen LogP contribution in [-0.2, 0) is 0 Å². The van der Waals surface area contributed by atoms with Crippen molar-refractivity contribution in [1.82, 2.24) is 18.9 Å². The van der Waals surface area contributed by atoms with E-state index in [9.17, 15) is 10.5 Å². The summed E-state index contributed by atoms with van der Waals surface area (Å²) in [5.41, 5.74) is 5.04. The van der Waals surface area contributed by atoms with Gasteiger partial charge >= 0.3 is 0 Å². The summed E-state index contributed by atoms with van der Waals surface area (Å²) in [6, 6.07) is 19.5. The van der Waals surface area contributed by atoms with E-state index in [-0.39, 0.29) is 11.8 Å². The Morgan fingerprint density at radius 3 is 1.47 bits per heavy atom. The molecule has 0 spiro atoms. The van der Waals surface area contributed by atoms with Crippen molar-refractivity contribution in [3.05, 3.63) is 82.4 Å². The van der Waals surface area contributed by atoms with E-state index in [4.69, 9.17) is 8.83 Å². The Bertz CT molecular complexity index is 1860. The Labute approximate surface area is 206 Å². The lowest BCUT2D eigenvalue weighted by molar-refractivity contribution is 0.585. The summed E-state index contributed by atoms with van der Waals surface area (Å²) in [5.74, 6) is 0.517. The number of nitriles is 2. The number of hydrogen-bond donors (Lipinski definition) is 0. The van der Waals surface area contributed by atoms with Gasteiger partial charge in [0.15, 0.2) is 11.2 Å². The lowest BCUT2D eigenvalue weighted by Gasteiger charge is -2.04. The highest BCUT2D eigenvalue weighted by atomic mass is 16.4. The minimum Gasteiger partial charge on any atom is -0.435 e. The van der Waals surface area contributed by atoms with Gasteiger partial charge in [0, 0.05) is 22.2 Å². The standard InChI is InChI=1S/C26H18B2N6O2/c1-13-21-22(24(33(13)27)16(12-30)26-32-18-8-4-6-10-20(18)36-26)14(2)34(28)23(21)15(11-29)25-31-17-7-3-5-9-19(17)35-25/h3-10H,27-28H2,1-2H3/b23-15-,24-16-. The molecule has 0 atom stereocenters. The average Bonchev–Trinajstić information content (AvgIpc) is 3.62. The monoisotopic (exact) mass is 468 g/mol. The molecule has 36 heavy (non-hydrogen) atoms. The summed E-state index contributed by atoms with van der Waals surface area (Å²) in [7, 11) is 3.80. The summed E-state index contributed by atoms with van der Waals surface area (Å²) >= 11 is 0. The predicted octanol–water partition coefficient (Wildman–Crippen LogP) is 1.58. The zero-order valence-corrected chi connectivity index (χ0v) is 20.1. The first-order valence-electron chi connectivity index (χ1n) is 11.4. The second-order valence-electron chi connectivity index (χ2n) is 8.68. The van der Waals surface area contributed by atoms with Gasteiger partial charge in [-0.2, -0.15) is 10.5 Å². The van der Waals surface area contributed by atoms with E-state index in [0.29, 0.717) is 44.0 Å². The number of benzene rings is 2. The molecule has 4 heterocycles. The highest BCUT2D eigenvalue weighted by Gasteiger charge is 2.23. The van der Waals surface area contributed by atoms with Crippen molar-refractivity contribution in [3.8, 4) is 12.1 Å². The number of aryl methyl sites for hydroxylation is 2. The third-order valence-corrected chi connectivity index (χ3v) is 6.84. The largest absolute Gasteiger partial charge is 0.435 e. The van der Waals surface area contributed by atoms with Gasteiger partial charge in [0.05, 0.1) is 10.7 Å². The van der Waals surface area contributed by atoms with Gasteiger partial charge in [-0.3, -0.25) is 0 Å². The number of fused-ring (bicyclic) bond motifs is 3. The lowest BCUT2D eigenvalue weighted by Crippen LogP contribution is -2.23. The molecular weight excluding hydrogens is 450 g/mol. The highest BCUT2D eigenvalue weighted by molar-refractivity contribution is 6.14. The predicted molar refractivity (Wildman–Crippen MR) is 141 cm³/mol. The smallest absolute Gasteiger partial charge is 0.240 e. The Morgan fingerprint density at radius 1 is 0.722 bits per heavy atom. The molecule has 0 saturated carbocycles. The molecule has 6 rings (SSSR count). The van der Waals surface area contributed by atoms with Crippen LogP contribution in [0.5, 0.6) is 0 Å². The van der Waals surface area contributed by atoms with Crippen LogP contribution in [0, 0.1) is 36.5 Å². The number of hydrogen-bond acceptors (Lipinski definition) is 6. The van der Waals surface area contributed by atoms with Gasteiger partial charge in [-0.25, -0.2) is 9.97 Å². The van der Waals surface area contributed by atoms with Crippen molar-refractivity contribution >= 4 is 60.1 Å². The lowest BCUT2D eigenvalue weighted by atomic mass is 10.1. The molecule has 10 heteroatoms. The fourth-order valence-electron chi connectivity index (χ4n) is 4.90. The Kier molecular flexibility index (Phi) is 4.67. The maximum absolute atomic E-state index is 10.2. The van der Waals surface area contributed by atoms with Crippen LogP contribution in [0.15, 0.2) is 57.4 Å². The van der Waals surface area contributed by atoms with Gasteiger partial charge in [0.2, 0.25) is 27.7 Å². The Morgan fingerprint density at radius 2 is 1.11 bits per heavy atom. The van der Waals surface area contributed by atoms with Crippen LogP contribution >= 0.6 is 0 Å². The first kappa shape index (κ1) is 21.6. The topological polar surface area (TPSA) is 110 Å². The van der Waals surface area contributed by atoms with Gasteiger partial charge in [-0.1, -0.05) is 24.3 Å². The maximum Gasteiger partial charge on any atom is 0.240 e. The number of para-hydroxylation sites is 4. The van der Waals surface area contributed by atoms with Crippen molar-refractivity contribution in [2.45, 2.75) is 13.8 Å². The molecule has 0 unspecified atom stereocenters. The molecular formula is C26H18B2N6O2. The maximum atomic E-state index is 10.2. The van der Waals surface area contributed by atoms with Crippen molar-refractivity contribution in [3.63, 3.8) is 0 Å². The van der Waals surface area contributed by atoms with E-state index in [1.54, 1.807) is 0 Å². The van der Waals surface area contributed by atoms with Crippen LogP contribution in [0.2, 0.25) is 0 Å². The summed E-state index contributed by atoms with van der Waals surface area (Å²) in [6.45, 7) is 3.94. The molecule has 8 nitrogen and oxygen atoms in total. The van der Waals surface area contributed by atoms with Gasteiger partial charge < -0.3 is 17.8 Å². The van der Waals surface area contributed by atoms with Crippen LogP contribution in [0.1, 0.15) is 23.2 Å². The van der Waals surface area contributed by atoms with Gasteiger partial charge in [-0.05, 0) is 38.1 Å². The quantitative estimate of drug-likeness (QED) is 0.357. The second-order valence-corrected chi connectivity index (χ2v) is 8.68. The average molecular weight is 468 g/mol. The minimum atomic E-state index is 0.259. The fourth-order valence-corrected chi connectivity index (χ4v) is 4.90. The molecule has 170 valence electrons. The SMILES string of the molecule is Bn1c(C)c2/c(=C(\C#N)c3nc4ccccc4o3)n(B)c(C)c2/c1=C(\C#N)c1nc2ccccc2o1. The first-order chi connectivity index (χ1) is 17.4. The molecule has 0 fully saturated rings. The van der Waals surface area contributed by atoms with Crippen molar-refractivity contribution in [1.29, 1.82) is 10.5 Å². The molecule has 4 aromatic heterocycles. The molecule has 0 bridgehead atoms. The van der Waals surface area contributed by atoms with Crippen molar-refractivity contribution < 1.29 is 8.83 Å². The summed E-state index contributed by atoms with van der Waals surface area (Å²) in [5, 5.41) is 23.6. The number of rotatable bonds is 2. The first-order valence-corrected chi connectivity index (χ1v) is 11.4. The fraction of sp³-hybridized carbons (Fsp3) is 0.0769. The molecule has 0 amide bonds. The normalized spacial score (nSPS) is 13.2. The summed E-state index contributed by atoms with van der Waals surface area (Å²) in [6.07, 6.45) is 0. The molecule has 0 aliphatic heterocycles. The third kappa shape index (κ3) is 2.88. The molecule has 2 aromatic carbocycles. The number of oxazole rings is 2. The Hall–Kier alpha value is -4.95. The van der Waals surface area contributed by atoms with E-state index < -0.39 is 0 Å². The van der Waals surface area contributed by atoms with E-state index in [1.165, 1.54) is 0 Å². The molecule has 0 N–H and O–H groups in total. The van der Waals surface area contributed by atoms with Gasteiger partial charge in [-0.15, -0.1) is 0 Å². The van der Waals surface area contributed by atoms with Crippen LogP contribution in [0.4, 0.5) is 0 Å². The second kappa shape index (κ2) is 7.79. The number of nitrogens with zero attached hydrogens (tertiary/aromatic N) is 6. The summed E-state index contributed by atoms with van der Waals surface area (Å²) in [4.78, 5) is 9.14. The zero-order valence-electron chi connectivity index (χ0n) is 20.1. The third-order valence-electron chi connectivity index (χ3n) is 6.84. The van der Waals surface area contributed by atoms with Crippen molar-refractivity contribution in [2.24, 2.45) is 0 Å². The molecule has 0 saturated heterocycles. The van der Waals surface area contributed by atoms with Crippen LogP contribution in [0.3, 0.4) is 0 Å². The van der Waals surface area contributed by atoms with E-state index >= 15 is 0 Å². The van der Waals surface area contributed by atoms with Gasteiger partial charge in [0.25, 0.3) is 0 Å². The van der Waals surface area contributed by atoms with Crippen molar-refractivity contribution in [2.75, 3.05) is 0 Å². The molecule has 0 aliphatic carbocycles. The zero-order chi connectivity index (χ0) is 25.1. The minimum absolute atomic E-state index is 0.259. The molecule has 0 aliphatic rings. The Balaban J connectivity index is 1.78. The van der Waals surface area contributed by atoms with E-state index in [0.717, 1.165) is 22.2 Å². The van der Waals surface area contributed by atoms with E-state index in [2.05, 4.69) is 22.1 Å². The molecule has 6 aromatic rings. The molecule has 0 radical (unpaired) electrons. The van der Waals surface area contributed by atoms with Gasteiger partial charge in [0.1, 0.15) is 34.3 Å². The van der Waals surface area contributed by atoms with Crippen LogP contribution in [-0.4, -0.2) is 34.9 Å². The van der Waals surface area contributed by atoms with Crippen LogP contribution < -0.4 is 10.7 Å². The highest BCUT2D eigenvalue weighted by Crippen LogP contribution is 2.25. The van der Waals surface area contributed by atoms with E-state index in [1.807, 2.05) is 87.3 Å². The van der Waals surface area contributed by atoms with Crippen LogP contribution in [0.25, 0.3) is 44.1 Å². The summed E-state index contributed by atoms with van der Waals surface area (Å²) < 4.78 is 15.8.